The Morgan fingerprint density at radius 3 is 2.45 bits per heavy atom. The third kappa shape index (κ3) is 3.73. The van der Waals surface area contributed by atoms with Gasteiger partial charge in [-0.25, -0.2) is 0 Å². The van der Waals surface area contributed by atoms with Crippen molar-refractivity contribution < 1.29 is 13.2 Å². The Morgan fingerprint density at radius 2 is 1.85 bits per heavy atom. The molecule has 0 saturated carbocycles. The minimum Gasteiger partial charge on any atom is -0.299 e. The summed E-state index contributed by atoms with van der Waals surface area (Å²) in [7, 11) is 0. The molecule has 5 heteroatoms. The monoisotopic (exact) mass is 282 g/mol. The van der Waals surface area contributed by atoms with Crippen LogP contribution in [0.5, 0.6) is 0 Å². The van der Waals surface area contributed by atoms with Crippen LogP contribution in [-0.2, 0) is 12.7 Å². The SMILES string of the molecule is N#CCC1CCN(Cc2ccccc2C(F)(F)F)CC1. The van der Waals surface area contributed by atoms with E-state index in [1.165, 1.54) is 6.07 Å². The lowest BCUT2D eigenvalue weighted by Crippen LogP contribution is -2.33. The summed E-state index contributed by atoms with van der Waals surface area (Å²) < 4.78 is 38.7. The van der Waals surface area contributed by atoms with Gasteiger partial charge >= 0.3 is 6.18 Å². The van der Waals surface area contributed by atoms with Crippen LogP contribution in [-0.4, -0.2) is 18.0 Å². The molecule has 2 nitrogen and oxygen atoms in total. The van der Waals surface area contributed by atoms with E-state index in [2.05, 4.69) is 6.07 Å². The largest absolute Gasteiger partial charge is 0.416 e. The number of piperidine rings is 1. The number of rotatable bonds is 3. The first-order valence-electron chi connectivity index (χ1n) is 6.75. The fourth-order valence-corrected chi connectivity index (χ4v) is 2.65. The van der Waals surface area contributed by atoms with Crippen molar-refractivity contribution in [2.45, 2.75) is 32.0 Å². The Bertz CT molecular complexity index is 483. The molecular formula is C15H17F3N2. The van der Waals surface area contributed by atoms with Crippen molar-refractivity contribution in [3.8, 4) is 6.07 Å². The minimum atomic E-state index is -4.30. The maximum Gasteiger partial charge on any atom is 0.416 e. The van der Waals surface area contributed by atoms with E-state index >= 15 is 0 Å². The molecule has 0 aliphatic carbocycles. The standard InChI is InChI=1S/C15H17F3N2/c16-15(17,18)14-4-2-1-3-13(14)11-20-9-6-12(5-8-19)7-10-20/h1-4,12H,5-7,9-11H2. The summed E-state index contributed by atoms with van der Waals surface area (Å²) in [6.45, 7) is 1.85. The smallest absolute Gasteiger partial charge is 0.299 e. The molecule has 0 amide bonds. The molecule has 108 valence electrons. The van der Waals surface area contributed by atoms with Crippen LogP contribution in [0.2, 0.25) is 0 Å². The first-order chi connectivity index (χ1) is 9.50. The molecule has 2 rings (SSSR count). The molecule has 20 heavy (non-hydrogen) atoms. The molecule has 0 radical (unpaired) electrons. The summed E-state index contributed by atoms with van der Waals surface area (Å²) in [4.78, 5) is 2.04. The maximum absolute atomic E-state index is 12.9. The minimum absolute atomic E-state index is 0.328. The van der Waals surface area contributed by atoms with Crippen LogP contribution in [0.25, 0.3) is 0 Å². The highest BCUT2D eigenvalue weighted by Crippen LogP contribution is 2.33. The number of halogens is 3. The fraction of sp³-hybridized carbons (Fsp3) is 0.533. The van der Waals surface area contributed by atoms with Crippen molar-refractivity contribution in [1.29, 1.82) is 5.26 Å². The molecule has 1 aliphatic rings. The van der Waals surface area contributed by atoms with Gasteiger partial charge in [0.15, 0.2) is 0 Å². The average molecular weight is 282 g/mol. The summed E-state index contributed by atoms with van der Waals surface area (Å²) in [5, 5.41) is 8.66. The Balaban J connectivity index is 2.00. The van der Waals surface area contributed by atoms with Crippen LogP contribution in [0, 0.1) is 17.2 Å². The second-order valence-electron chi connectivity index (χ2n) is 5.24. The quantitative estimate of drug-likeness (QED) is 0.842. The van der Waals surface area contributed by atoms with Crippen LogP contribution >= 0.6 is 0 Å². The molecule has 1 aromatic rings. The van der Waals surface area contributed by atoms with Crippen molar-refractivity contribution in [3.05, 3.63) is 35.4 Å². The van der Waals surface area contributed by atoms with E-state index in [4.69, 9.17) is 5.26 Å². The normalized spacial score (nSPS) is 17.9. The van der Waals surface area contributed by atoms with Gasteiger partial charge in [-0.2, -0.15) is 18.4 Å². The number of benzene rings is 1. The van der Waals surface area contributed by atoms with Crippen LogP contribution in [0.1, 0.15) is 30.4 Å². The zero-order valence-electron chi connectivity index (χ0n) is 11.2. The summed E-state index contributed by atoms with van der Waals surface area (Å²) in [6.07, 6.45) is -1.97. The van der Waals surface area contributed by atoms with Crippen molar-refractivity contribution in [2.24, 2.45) is 5.92 Å². The van der Waals surface area contributed by atoms with E-state index in [0.29, 0.717) is 24.4 Å². The molecule has 0 aromatic heterocycles. The second kappa shape index (κ2) is 6.27. The van der Waals surface area contributed by atoms with Gasteiger partial charge in [-0.3, -0.25) is 4.90 Å². The lowest BCUT2D eigenvalue weighted by atomic mass is 9.93. The molecule has 0 spiro atoms. The summed E-state index contributed by atoms with van der Waals surface area (Å²) in [5.41, 5.74) is -0.210. The van der Waals surface area contributed by atoms with Gasteiger partial charge in [0.05, 0.1) is 11.6 Å². The summed E-state index contributed by atoms with van der Waals surface area (Å²) >= 11 is 0. The Hall–Kier alpha value is -1.54. The number of hydrogen-bond acceptors (Lipinski definition) is 2. The van der Waals surface area contributed by atoms with Gasteiger partial charge in [0.2, 0.25) is 0 Å². The van der Waals surface area contributed by atoms with E-state index < -0.39 is 11.7 Å². The molecule has 1 fully saturated rings. The molecule has 1 aromatic carbocycles. The van der Waals surface area contributed by atoms with Crippen LogP contribution in [0.4, 0.5) is 13.2 Å². The zero-order chi connectivity index (χ0) is 14.6. The third-order valence-corrected chi connectivity index (χ3v) is 3.80. The zero-order valence-corrected chi connectivity index (χ0v) is 11.2. The van der Waals surface area contributed by atoms with E-state index in [9.17, 15) is 13.2 Å². The highest BCUT2D eigenvalue weighted by atomic mass is 19.4. The second-order valence-corrected chi connectivity index (χ2v) is 5.24. The fourth-order valence-electron chi connectivity index (χ4n) is 2.65. The van der Waals surface area contributed by atoms with Crippen LogP contribution < -0.4 is 0 Å². The lowest BCUT2D eigenvalue weighted by molar-refractivity contribution is -0.138. The van der Waals surface area contributed by atoms with Gasteiger partial charge in [-0.05, 0) is 43.5 Å². The summed E-state index contributed by atoms with van der Waals surface area (Å²) in [5.74, 6) is 0.397. The van der Waals surface area contributed by atoms with Gasteiger partial charge in [0.1, 0.15) is 0 Å². The van der Waals surface area contributed by atoms with Crippen molar-refractivity contribution in [1.82, 2.24) is 4.90 Å². The molecular weight excluding hydrogens is 265 g/mol. The van der Waals surface area contributed by atoms with Gasteiger partial charge in [0, 0.05) is 13.0 Å². The highest BCUT2D eigenvalue weighted by molar-refractivity contribution is 5.29. The molecule has 0 atom stereocenters. The molecule has 1 aliphatic heterocycles. The highest BCUT2D eigenvalue weighted by Gasteiger charge is 2.33. The van der Waals surface area contributed by atoms with Crippen molar-refractivity contribution in [2.75, 3.05) is 13.1 Å². The van der Waals surface area contributed by atoms with Crippen molar-refractivity contribution in [3.63, 3.8) is 0 Å². The lowest BCUT2D eigenvalue weighted by Gasteiger charge is -2.31. The van der Waals surface area contributed by atoms with Crippen molar-refractivity contribution >= 4 is 0 Å². The number of nitrogens with zero attached hydrogens (tertiary/aromatic N) is 2. The first-order valence-corrected chi connectivity index (χ1v) is 6.75. The molecule has 0 N–H and O–H groups in total. The average Bonchev–Trinajstić information content (AvgIpc) is 2.41. The molecule has 0 unspecified atom stereocenters. The molecule has 0 bridgehead atoms. The predicted molar refractivity (Wildman–Crippen MR) is 69.7 cm³/mol. The van der Waals surface area contributed by atoms with E-state index in [-0.39, 0.29) is 0 Å². The van der Waals surface area contributed by atoms with Crippen LogP contribution in [0.15, 0.2) is 24.3 Å². The third-order valence-electron chi connectivity index (χ3n) is 3.80. The van der Waals surface area contributed by atoms with Gasteiger partial charge in [0.25, 0.3) is 0 Å². The Morgan fingerprint density at radius 1 is 1.20 bits per heavy atom. The number of hydrogen-bond donors (Lipinski definition) is 0. The maximum atomic E-state index is 12.9. The first kappa shape index (κ1) is 14.9. The predicted octanol–water partition coefficient (Wildman–Crippen LogP) is 3.83. The number of alkyl halides is 3. The topological polar surface area (TPSA) is 27.0 Å². The van der Waals surface area contributed by atoms with E-state index in [1.54, 1.807) is 12.1 Å². The Labute approximate surface area is 116 Å². The van der Waals surface area contributed by atoms with E-state index in [0.717, 1.165) is 32.0 Å². The summed E-state index contributed by atoms with van der Waals surface area (Å²) in [6, 6.07) is 7.91. The van der Waals surface area contributed by atoms with Gasteiger partial charge in [-0.1, -0.05) is 18.2 Å². The molecule has 1 heterocycles. The number of likely N-dealkylation sites (tertiary alicyclic amines) is 1. The molecule has 1 saturated heterocycles. The Kier molecular flexibility index (Phi) is 4.66. The van der Waals surface area contributed by atoms with Crippen LogP contribution in [0.3, 0.4) is 0 Å². The number of nitriles is 1. The van der Waals surface area contributed by atoms with E-state index in [1.807, 2.05) is 4.90 Å². The van der Waals surface area contributed by atoms with Gasteiger partial charge in [-0.15, -0.1) is 0 Å². The van der Waals surface area contributed by atoms with Gasteiger partial charge < -0.3 is 0 Å².